The Kier molecular flexibility index (Phi) is 4.58. The lowest BCUT2D eigenvalue weighted by Gasteiger charge is -2.02. The van der Waals surface area contributed by atoms with Crippen LogP contribution in [0.5, 0.6) is 0 Å². The molecule has 0 N–H and O–H groups in total. The lowest BCUT2D eigenvalue weighted by molar-refractivity contribution is -0.384. The highest BCUT2D eigenvalue weighted by Gasteiger charge is 2.14. The van der Waals surface area contributed by atoms with Gasteiger partial charge in [-0.25, -0.2) is 0 Å². The Morgan fingerprint density at radius 2 is 1.89 bits per heavy atom. The highest BCUT2D eigenvalue weighted by Crippen LogP contribution is 2.24. The molecule has 0 saturated carbocycles. The monoisotopic (exact) mass is 381 g/mol. The van der Waals surface area contributed by atoms with Gasteiger partial charge in [0.2, 0.25) is 16.9 Å². The number of thioether (sulfide) groups is 1. The molecule has 27 heavy (non-hydrogen) atoms. The van der Waals surface area contributed by atoms with E-state index in [2.05, 4.69) is 25.7 Å². The average molecular weight is 381 g/mol. The van der Waals surface area contributed by atoms with Crippen LogP contribution in [0.2, 0.25) is 0 Å². The number of rotatable bonds is 6. The molecule has 0 aliphatic rings. The number of nitro groups is 1. The van der Waals surface area contributed by atoms with Gasteiger partial charge in [-0.1, -0.05) is 35.1 Å². The molecule has 0 atom stereocenters. The SMILES string of the molecule is O=[N+]([O-])c1ccc(-c2noc(CSc3nnnn3-c3ccccc3)n2)cc1. The van der Waals surface area contributed by atoms with Gasteiger partial charge >= 0.3 is 0 Å². The minimum atomic E-state index is -0.459. The van der Waals surface area contributed by atoms with Gasteiger partial charge in [0, 0.05) is 17.7 Å². The molecule has 0 radical (unpaired) electrons. The third-order valence-corrected chi connectivity index (χ3v) is 4.47. The minimum Gasteiger partial charge on any atom is -0.338 e. The Morgan fingerprint density at radius 3 is 2.63 bits per heavy atom. The molecular weight excluding hydrogens is 370 g/mol. The van der Waals surface area contributed by atoms with E-state index in [1.807, 2.05) is 30.3 Å². The molecule has 0 unspecified atom stereocenters. The average Bonchev–Trinajstić information content (AvgIpc) is 3.36. The molecule has 2 aromatic heterocycles. The first-order valence-electron chi connectivity index (χ1n) is 7.75. The summed E-state index contributed by atoms with van der Waals surface area (Å²) in [6.45, 7) is 0. The number of nitrogens with zero attached hydrogens (tertiary/aromatic N) is 7. The summed E-state index contributed by atoms with van der Waals surface area (Å²) in [5.74, 6) is 1.15. The van der Waals surface area contributed by atoms with Gasteiger partial charge in [-0.15, -0.1) is 5.10 Å². The largest absolute Gasteiger partial charge is 0.338 e. The number of para-hydroxylation sites is 1. The van der Waals surface area contributed by atoms with Crippen LogP contribution >= 0.6 is 11.8 Å². The topological polar surface area (TPSA) is 126 Å². The van der Waals surface area contributed by atoms with E-state index >= 15 is 0 Å². The lowest BCUT2D eigenvalue weighted by Crippen LogP contribution is -1.98. The van der Waals surface area contributed by atoms with Gasteiger partial charge in [0.1, 0.15) is 0 Å². The molecule has 4 rings (SSSR count). The molecule has 2 aromatic carbocycles. The summed E-state index contributed by atoms with van der Waals surface area (Å²) in [6.07, 6.45) is 0. The van der Waals surface area contributed by atoms with Gasteiger partial charge in [-0.05, 0) is 34.7 Å². The van der Waals surface area contributed by atoms with Crippen molar-refractivity contribution < 1.29 is 9.45 Å². The summed E-state index contributed by atoms with van der Waals surface area (Å²) >= 11 is 1.36. The van der Waals surface area contributed by atoms with Crippen LogP contribution in [-0.2, 0) is 5.75 Å². The van der Waals surface area contributed by atoms with Crippen LogP contribution in [0.4, 0.5) is 5.69 Å². The quantitative estimate of drug-likeness (QED) is 0.281. The highest BCUT2D eigenvalue weighted by atomic mass is 32.2. The minimum absolute atomic E-state index is 0.00534. The Balaban J connectivity index is 1.46. The third-order valence-electron chi connectivity index (χ3n) is 3.57. The van der Waals surface area contributed by atoms with Crippen molar-refractivity contribution in [2.45, 2.75) is 10.9 Å². The summed E-state index contributed by atoms with van der Waals surface area (Å²) in [6, 6.07) is 15.5. The molecule has 0 aliphatic carbocycles. The first kappa shape index (κ1) is 16.8. The van der Waals surface area contributed by atoms with Crippen LogP contribution in [0.25, 0.3) is 17.1 Å². The normalized spacial score (nSPS) is 10.8. The molecule has 0 amide bonds. The van der Waals surface area contributed by atoms with Crippen molar-refractivity contribution in [3.63, 3.8) is 0 Å². The molecular formula is C16H11N7O3S. The number of hydrogen-bond acceptors (Lipinski definition) is 9. The van der Waals surface area contributed by atoms with Crippen LogP contribution < -0.4 is 0 Å². The van der Waals surface area contributed by atoms with Gasteiger partial charge in [-0.2, -0.15) is 9.67 Å². The first-order chi connectivity index (χ1) is 13.2. The van der Waals surface area contributed by atoms with Crippen molar-refractivity contribution in [1.82, 2.24) is 30.3 Å². The number of hydrogen-bond donors (Lipinski definition) is 0. The van der Waals surface area contributed by atoms with Crippen LogP contribution in [-0.4, -0.2) is 35.3 Å². The van der Waals surface area contributed by atoms with E-state index in [9.17, 15) is 10.1 Å². The van der Waals surface area contributed by atoms with Gasteiger partial charge < -0.3 is 4.52 Å². The predicted molar refractivity (Wildman–Crippen MR) is 95.1 cm³/mol. The van der Waals surface area contributed by atoms with Crippen molar-refractivity contribution in [3.05, 3.63) is 70.6 Å². The zero-order valence-electron chi connectivity index (χ0n) is 13.7. The zero-order chi connectivity index (χ0) is 18.6. The molecule has 0 saturated heterocycles. The first-order valence-corrected chi connectivity index (χ1v) is 8.73. The van der Waals surface area contributed by atoms with Crippen molar-refractivity contribution in [1.29, 1.82) is 0 Å². The van der Waals surface area contributed by atoms with E-state index in [0.29, 0.717) is 28.2 Å². The molecule has 134 valence electrons. The maximum absolute atomic E-state index is 10.7. The highest BCUT2D eigenvalue weighted by molar-refractivity contribution is 7.98. The second-order valence-corrected chi connectivity index (χ2v) is 6.26. The maximum Gasteiger partial charge on any atom is 0.269 e. The number of nitro benzene ring substituents is 1. The fourth-order valence-electron chi connectivity index (χ4n) is 2.29. The summed E-state index contributed by atoms with van der Waals surface area (Å²) in [4.78, 5) is 14.6. The fraction of sp³-hybridized carbons (Fsp3) is 0.0625. The van der Waals surface area contributed by atoms with Crippen molar-refractivity contribution in [3.8, 4) is 17.1 Å². The number of aromatic nitrogens is 6. The molecule has 10 nitrogen and oxygen atoms in total. The van der Waals surface area contributed by atoms with Crippen molar-refractivity contribution >= 4 is 17.4 Å². The molecule has 11 heteroatoms. The second kappa shape index (κ2) is 7.33. The van der Waals surface area contributed by atoms with E-state index in [4.69, 9.17) is 4.52 Å². The third kappa shape index (κ3) is 3.67. The molecule has 0 spiro atoms. The van der Waals surface area contributed by atoms with E-state index in [0.717, 1.165) is 5.69 Å². The zero-order valence-corrected chi connectivity index (χ0v) is 14.5. The van der Waals surface area contributed by atoms with Gasteiger partial charge in [0.25, 0.3) is 5.69 Å². The van der Waals surface area contributed by atoms with Crippen LogP contribution in [0.3, 0.4) is 0 Å². The van der Waals surface area contributed by atoms with Gasteiger partial charge in [-0.3, -0.25) is 10.1 Å². The number of tetrazole rings is 1. The molecule has 0 bridgehead atoms. The molecule has 0 aliphatic heterocycles. The Bertz CT molecular complexity index is 1060. The molecule has 4 aromatic rings. The molecule has 2 heterocycles. The number of benzene rings is 2. The summed E-state index contributed by atoms with van der Waals surface area (Å²) in [5, 5.41) is 26.9. The van der Waals surface area contributed by atoms with Crippen LogP contribution in [0.1, 0.15) is 5.89 Å². The van der Waals surface area contributed by atoms with Crippen molar-refractivity contribution in [2.24, 2.45) is 0 Å². The van der Waals surface area contributed by atoms with Crippen molar-refractivity contribution in [2.75, 3.05) is 0 Å². The maximum atomic E-state index is 10.7. The fourth-order valence-corrected chi connectivity index (χ4v) is 3.02. The summed E-state index contributed by atoms with van der Waals surface area (Å²) in [5.41, 5.74) is 1.49. The summed E-state index contributed by atoms with van der Waals surface area (Å²) < 4.78 is 6.87. The Morgan fingerprint density at radius 1 is 1.11 bits per heavy atom. The predicted octanol–water partition coefficient (Wildman–Crippen LogP) is 2.91. The lowest BCUT2D eigenvalue weighted by atomic mass is 10.2. The van der Waals surface area contributed by atoms with E-state index < -0.39 is 4.92 Å². The smallest absolute Gasteiger partial charge is 0.269 e. The van der Waals surface area contributed by atoms with Crippen LogP contribution in [0, 0.1) is 10.1 Å². The summed E-state index contributed by atoms with van der Waals surface area (Å²) in [7, 11) is 0. The Hall–Kier alpha value is -3.60. The molecule has 0 fully saturated rings. The van der Waals surface area contributed by atoms with Gasteiger partial charge in [0.05, 0.1) is 16.4 Å². The van der Waals surface area contributed by atoms with E-state index in [1.165, 1.54) is 23.9 Å². The van der Waals surface area contributed by atoms with E-state index in [-0.39, 0.29) is 5.69 Å². The van der Waals surface area contributed by atoms with Gasteiger partial charge in [0.15, 0.2) is 0 Å². The van der Waals surface area contributed by atoms with E-state index in [1.54, 1.807) is 16.8 Å². The standard InChI is InChI=1S/C16H11N7O3S/c24-23(25)13-8-6-11(7-9-13)15-17-14(26-19-15)10-27-16-18-20-21-22(16)12-4-2-1-3-5-12/h1-9H,10H2. The number of non-ortho nitro benzene ring substituents is 1. The Labute approximate surface area is 156 Å². The second-order valence-electron chi connectivity index (χ2n) is 5.31. The van der Waals surface area contributed by atoms with Crippen LogP contribution in [0.15, 0.2) is 64.3 Å².